The molecule has 2 rings (SSSR count). The van der Waals surface area contributed by atoms with E-state index in [0.717, 1.165) is 5.69 Å². The molecule has 1 aromatic carbocycles. The van der Waals surface area contributed by atoms with Crippen LogP contribution in [0.15, 0.2) is 23.6 Å². The summed E-state index contributed by atoms with van der Waals surface area (Å²) in [6, 6.07) is 4.15. The maximum atomic E-state index is 12.0. The number of amides is 2. The van der Waals surface area contributed by atoms with Gasteiger partial charge in [0.2, 0.25) is 5.91 Å². The Morgan fingerprint density at radius 3 is 2.70 bits per heavy atom. The highest BCUT2D eigenvalue weighted by Crippen LogP contribution is 2.19. The van der Waals surface area contributed by atoms with Gasteiger partial charge in [0.1, 0.15) is 0 Å². The number of thiazole rings is 1. The summed E-state index contributed by atoms with van der Waals surface area (Å²) in [5.74, 6) is -0.979. The van der Waals surface area contributed by atoms with Crippen molar-refractivity contribution >= 4 is 34.0 Å². The van der Waals surface area contributed by atoms with Crippen molar-refractivity contribution in [2.24, 2.45) is 0 Å². The Kier molecular flexibility index (Phi) is 5.02. The SMILES string of the molecule is Cc1csc(NC(=O)CNC(=O)c2ccc(C)c([N+](=O)[O-])c2)n1. The predicted molar refractivity (Wildman–Crippen MR) is 85.6 cm³/mol. The minimum atomic E-state index is -0.557. The number of rotatable bonds is 5. The van der Waals surface area contributed by atoms with Crippen LogP contribution in [0, 0.1) is 24.0 Å². The molecule has 0 aliphatic heterocycles. The number of nitrogens with zero attached hydrogens (tertiary/aromatic N) is 2. The fourth-order valence-electron chi connectivity index (χ4n) is 1.78. The Morgan fingerprint density at radius 2 is 2.09 bits per heavy atom. The van der Waals surface area contributed by atoms with Crippen LogP contribution in [0.25, 0.3) is 0 Å². The lowest BCUT2D eigenvalue weighted by Gasteiger charge is -2.06. The number of anilines is 1. The monoisotopic (exact) mass is 334 g/mol. The fourth-order valence-corrected chi connectivity index (χ4v) is 2.49. The molecule has 0 spiro atoms. The van der Waals surface area contributed by atoms with E-state index in [9.17, 15) is 19.7 Å². The van der Waals surface area contributed by atoms with E-state index in [2.05, 4.69) is 15.6 Å². The zero-order chi connectivity index (χ0) is 17.0. The van der Waals surface area contributed by atoms with E-state index in [1.165, 1.54) is 29.5 Å². The Labute approximate surface area is 135 Å². The molecular weight excluding hydrogens is 320 g/mol. The van der Waals surface area contributed by atoms with Gasteiger partial charge in [0, 0.05) is 22.6 Å². The van der Waals surface area contributed by atoms with Gasteiger partial charge in [0.05, 0.1) is 17.2 Å². The lowest BCUT2D eigenvalue weighted by Crippen LogP contribution is -2.32. The van der Waals surface area contributed by atoms with Crippen molar-refractivity contribution in [1.82, 2.24) is 10.3 Å². The van der Waals surface area contributed by atoms with E-state index in [0.29, 0.717) is 10.7 Å². The van der Waals surface area contributed by atoms with Crippen molar-refractivity contribution in [1.29, 1.82) is 0 Å². The first-order valence-corrected chi connectivity index (χ1v) is 7.50. The summed E-state index contributed by atoms with van der Waals surface area (Å²) in [5, 5.41) is 18.1. The molecule has 2 amide bonds. The second kappa shape index (κ2) is 6.97. The highest BCUT2D eigenvalue weighted by Gasteiger charge is 2.15. The van der Waals surface area contributed by atoms with Gasteiger partial charge in [0.25, 0.3) is 11.6 Å². The molecule has 0 radical (unpaired) electrons. The third-order valence-corrected chi connectivity index (χ3v) is 3.82. The molecule has 0 fully saturated rings. The number of carbonyl (C=O) groups is 2. The number of carbonyl (C=O) groups excluding carboxylic acids is 2. The summed E-state index contributed by atoms with van der Waals surface area (Å²) in [6.45, 7) is 3.14. The largest absolute Gasteiger partial charge is 0.343 e. The standard InChI is InChI=1S/C14H14N4O4S/c1-8-3-4-10(5-11(8)18(21)22)13(20)15-6-12(19)17-14-16-9(2)7-23-14/h3-5,7H,6H2,1-2H3,(H,15,20)(H,16,17,19). The van der Waals surface area contributed by atoms with Crippen molar-refractivity contribution in [2.75, 3.05) is 11.9 Å². The second-order valence-electron chi connectivity index (χ2n) is 4.78. The van der Waals surface area contributed by atoms with E-state index in [1.807, 2.05) is 0 Å². The van der Waals surface area contributed by atoms with Crippen LogP contribution in [0.5, 0.6) is 0 Å². The average Bonchev–Trinajstić information content (AvgIpc) is 2.90. The quantitative estimate of drug-likeness (QED) is 0.641. The van der Waals surface area contributed by atoms with Crippen molar-refractivity contribution in [3.63, 3.8) is 0 Å². The molecule has 0 aliphatic carbocycles. The smallest absolute Gasteiger partial charge is 0.273 e. The molecule has 1 aromatic heterocycles. The molecule has 2 aromatic rings. The van der Waals surface area contributed by atoms with Crippen LogP contribution in [-0.2, 0) is 4.79 Å². The van der Waals surface area contributed by atoms with E-state index in [-0.39, 0.29) is 17.8 Å². The number of hydrogen-bond acceptors (Lipinski definition) is 6. The zero-order valence-electron chi connectivity index (χ0n) is 12.5. The minimum absolute atomic E-state index is 0.125. The van der Waals surface area contributed by atoms with Crippen LogP contribution in [0.2, 0.25) is 0 Å². The summed E-state index contributed by atoms with van der Waals surface area (Å²) in [6.07, 6.45) is 0. The van der Waals surface area contributed by atoms with Gasteiger partial charge in [-0.3, -0.25) is 19.7 Å². The molecular formula is C14H14N4O4S. The van der Waals surface area contributed by atoms with Gasteiger partial charge in [-0.25, -0.2) is 4.98 Å². The number of aromatic nitrogens is 1. The van der Waals surface area contributed by atoms with Gasteiger partial charge < -0.3 is 10.6 Å². The van der Waals surface area contributed by atoms with E-state index in [4.69, 9.17) is 0 Å². The molecule has 0 saturated carbocycles. The maximum Gasteiger partial charge on any atom is 0.273 e. The average molecular weight is 334 g/mol. The Morgan fingerprint density at radius 1 is 1.35 bits per heavy atom. The van der Waals surface area contributed by atoms with E-state index < -0.39 is 16.7 Å². The van der Waals surface area contributed by atoms with Crippen LogP contribution in [0.4, 0.5) is 10.8 Å². The van der Waals surface area contributed by atoms with Crippen LogP contribution in [0.1, 0.15) is 21.6 Å². The third-order valence-electron chi connectivity index (χ3n) is 2.94. The van der Waals surface area contributed by atoms with Crippen LogP contribution >= 0.6 is 11.3 Å². The van der Waals surface area contributed by atoms with Gasteiger partial charge in [-0.2, -0.15) is 0 Å². The molecule has 0 saturated heterocycles. The first kappa shape index (κ1) is 16.6. The molecule has 0 aliphatic rings. The van der Waals surface area contributed by atoms with Gasteiger partial charge in [-0.05, 0) is 19.9 Å². The molecule has 0 atom stereocenters. The van der Waals surface area contributed by atoms with Gasteiger partial charge in [-0.1, -0.05) is 6.07 Å². The van der Waals surface area contributed by atoms with Crippen molar-refractivity contribution in [3.05, 3.63) is 50.5 Å². The van der Waals surface area contributed by atoms with Crippen molar-refractivity contribution in [2.45, 2.75) is 13.8 Å². The fraction of sp³-hybridized carbons (Fsp3) is 0.214. The molecule has 0 bridgehead atoms. The summed E-state index contributed by atoms with van der Waals surface area (Å²) < 4.78 is 0. The molecule has 8 nitrogen and oxygen atoms in total. The van der Waals surface area contributed by atoms with Crippen LogP contribution in [0.3, 0.4) is 0 Å². The lowest BCUT2D eigenvalue weighted by atomic mass is 10.1. The maximum absolute atomic E-state index is 12.0. The van der Waals surface area contributed by atoms with Gasteiger partial charge >= 0.3 is 0 Å². The Bertz CT molecular complexity index is 772. The first-order valence-electron chi connectivity index (χ1n) is 6.62. The number of nitro groups is 1. The summed E-state index contributed by atoms with van der Waals surface area (Å²) in [7, 11) is 0. The van der Waals surface area contributed by atoms with E-state index >= 15 is 0 Å². The lowest BCUT2D eigenvalue weighted by molar-refractivity contribution is -0.385. The molecule has 1 heterocycles. The predicted octanol–water partition coefficient (Wildman–Crippen LogP) is 2.04. The number of nitrogens with one attached hydrogen (secondary N) is 2. The van der Waals surface area contributed by atoms with Crippen LogP contribution in [-0.4, -0.2) is 28.3 Å². The number of nitro benzene ring substituents is 1. The van der Waals surface area contributed by atoms with Crippen molar-refractivity contribution < 1.29 is 14.5 Å². The zero-order valence-corrected chi connectivity index (χ0v) is 13.3. The first-order chi connectivity index (χ1) is 10.9. The Hall–Kier alpha value is -2.81. The molecule has 23 heavy (non-hydrogen) atoms. The number of aryl methyl sites for hydroxylation is 2. The summed E-state index contributed by atoms with van der Waals surface area (Å²) in [4.78, 5) is 38.1. The second-order valence-corrected chi connectivity index (χ2v) is 5.64. The van der Waals surface area contributed by atoms with E-state index in [1.54, 1.807) is 19.2 Å². The Balaban J connectivity index is 1.95. The topological polar surface area (TPSA) is 114 Å². The highest BCUT2D eigenvalue weighted by atomic mass is 32.1. The molecule has 9 heteroatoms. The normalized spacial score (nSPS) is 10.2. The summed E-state index contributed by atoms with van der Waals surface area (Å²) in [5.41, 5.74) is 1.24. The molecule has 120 valence electrons. The van der Waals surface area contributed by atoms with Crippen LogP contribution < -0.4 is 10.6 Å². The summed E-state index contributed by atoms with van der Waals surface area (Å²) >= 11 is 1.28. The van der Waals surface area contributed by atoms with Gasteiger partial charge in [0.15, 0.2) is 5.13 Å². The third kappa shape index (κ3) is 4.33. The minimum Gasteiger partial charge on any atom is -0.343 e. The highest BCUT2D eigenvalue weighted by molar-refractivity contribution is 7.13. The van der Waals surface area contributed by atoms with Gasteiger partial charge in [-0.15, -0.1) is 11.3 Å². The molecule has 0 unspecified atom stereocenters. The number of hydrogen-bond donors (Lipinski definition) is 2. The molecule has 2 N–H and O–H groups in total. The number of benzene rings is 1. The van der Waals surface area contributed by atoms with Crippen molar-refractivity contribution in [3.8, 4) is 0 Å².